The van der Waals surface area contributed by atoms with Gasteiger partial charge in [-0.3, -0.25) is 4.79 Å². The highest BCUT2D eigenvalue weighted by molar-refractivity contribution is 7.19. The second-order valence-electron chi connectivity index (χ2n) is 6.80. The molecule has 1 atom stereocenters. The van der Waals surface area contributed by atoms with Crippen LogP contribution in [0.4, 0.5) is 5.82 Å². The summed E-state index contributed by atoms with van der Waals surface area (Å²) in [6.45, 7) is 5.35. The molecule has 3 aromatic rings. The Morgan fingerprint density at radius 2 is 2.00 bits per heavy atom. The third kappa shape index (κ3) is 2.94. The predicted octanol–water partition coefficient (Wildman–Crippen LogP) is 4.28. The van der Waals surface area contributed by atoms with E-state index in [-0.39, 0.29) is 5.92 Å². The van der Waals surface area contributed by atoms with Crippen molar-refractivity contribution in [2.45, 2.75) is 26.7 Å². The molecule has 1 N–H and O–H groups in total. The van der Waals surface area contributed by atoms with Crippen molar-refractivity contribution in [2.24, 2.45) is 5.92 Å². The summed E-state index contributed by atoms with van der Waals surface area (Å²) < 4.78 is 0. The minimum absolute atomic E-state index is 0.339. The third-order valence-electron chi connectivity index (χ3n) is 4.95. The van der Waals surface area contributed by atoms with Crippen molar-refractivity contribution in [3.8, 4) is 11.1 Å². The molecule has 1 aromatic carbocycles. The van der Waals surface area contributed by atoms with Gasteiger partial charge in [-0.05, 0) is 32.3 Å². The quantitative estimate of drug-likeness (QED) is 0.748. The molecule has 0 aliphatic carbocycles. The average molecular weight is 367 g/mol. The molecule has 0 amide bonds. The average Bonchev–Trinajstić information content (AvgIpc) is 2.97. The molecule has 2 aromatic heterocycles. The van der Waals surface area contributed by atoms with Crippen LogP contribution in [0.1, 0.15) is 23.5 Å². The van der Waals surface area contributed by atoms with Crippen LogP contribution in [0.5, 0.6) is 0 Å². The Balaban J connectivity index is 1.90. The van der Waals surface area contributed by atoms with E-state index in [1.807, 2.05) is 25.1 Å². The first kappa shape index (κ1) is 17.0. The van der Waals surface area contributed by atoms with Gasteiger partial charge in [-0.15, -0.1) is 11.3 Å². The van der Waals surface area contributed by atoms with Crippen LogP contribution in [0.15, 0.2) is 30.3 Å². The first-order chi connectivity index (χ1) is 12.5. The molecule has 1 aliphatic heterocycles. The second-order valence-corrected chi connectivity index (χ2v) is 8.00. The highest BCUT2D eigenvalue weighted by atomic mass is 32.1. The Hall–Kier alpha value is -2.47. The van der Waals surface area contributed by atoms with Crippen LogP contribution in [-0.2, 0) is 4.79 Å². The molecule has 1 fully saturated rings. The topological polar surface area (TPSA) is 66.3 Å². The van der Waals surface area contributed by atoms with Gasteiger partial charge >= 0.3 is 5.97 Å². The number of hydrogen-bond donors (Lipinski definition) is 1. The lowest BCUT2D eigenvalue weighted by molar-refractivity contribution is -0.141. The number of aryl methyl sites for hydroxylation is 2. The molecule has 1 saturated heterocycles. The lowest BCUT2D eigenvalue weighted by Gasteiger charge is -2.32. The van der Waals surface area contributed by atoms with Crippen molar-refractivity contribution >= 4 is 33.3 Å². The van der Waals surface area contributed by atoms with Crippen LogP contribution < -0.4 is 4.90 Å². The molecule has 0 saturated carbocycles. The van der Waals surface area contributed by atoms with Gasteiger partial charge in [-0.25, -0.2) is 9.97 Å². The largest absolute Gasteiger partial charge is 0.481 e. The van der Waals surface area contributed by atoms with E-state index >= 15 is 0 Å². The Kier molecular flexibility index (Phi) is 4.36. The summed E-state index contributed by atoms with van der Waals surface area (Å²) in [5.41, 5.74) is 2.31. The lowest BCUT2D eigenvalue weighted by atomic mass is 9.97. The minimum atomic E-state index is -0.721. The Bertz CT molecular complexity index is 968. The fraction of sp³-hybridized carbons (Fsp3) is 0.350. The SMILES string of the molecule is Cc1nc(N2CCCC(C(=O)O)C2)c2c(-c3ccccc3)c(C)sc2n1. The maximum atomic E-state index is 11.5. The van der Waals surface area contributed by atoms with Crippen LogP contribution in [0, 0.1) is 19.8 Å². The maximum Gasteiger partial charge on any atom is 0.308 e. The first-order valence-electron chi connectivity index (χ1n) is 8.85. The molecule has 134 valence electrons. The van der Waals surface area contributed by atoms with E-state index in [2.05, 4.69) is 28.9 Å². The summed E-state index contributed by atoms with van der Waals surface area (Å²) in [4.78, 5) is 25.2. The van der Waals surface area contributed by atoms with E-state index in [4.69, 9.17) is 4.98 Å². The van der Waals surface area contributed by atoms with E-state index in [9.17, 15) is 9.90 Å². The number of fused-ring (bicyclic) bond motifs is 1. The highest BCUT2D eigenvalue weighted by Crippen LogP contribution is 2.42. The molecule has 5 nitrogen and oxygen atoms in total. The first-order valence-corrected chi connectivity index (χ1v) is 9.67. The van der Waals surface area contributed by atoms with E-state index in [1.165, 1.54) is 4.88 Å². The van der Waals surface area contributed by atoms with Gasteiger partial charge < -0.3 is 10.0 Å². The Morgan fingerprint density at radius 1 is 1.23 bits per heavy atom. The van der Waals surface area contributed by atoms with Crippen molar-refractivity contribution in [2.75, 3.05) is 18.0 Å². The minimum Gasteiger partial charge on any atom is -0.481 e. The number of rotatable bonds is 3. The fourth-order valence-corrected chi connectivity index (χ4v) is 4.83. The number of aliphatic carboxylic acids is 1. The molecule has 0 bridgehead atoms. The van der Waals surface area contributed by atoms with Crippen molar-refractivity contribution in [3.05, 3.63) is 41.0 Å². The van der Waals surface area contributed by atoms with E-state index in [0.717, 1.165) is 52.4 Å². The van der Waals surface area contributed by atoms with Gasteiger partial charge in [-0.1, -0.05) is 30.3 Å². The monoisotopic (exact) mass is 367 g/mol. The summed E-state index contributed by atoms with van der Waals surface area (Å²) in [5.74, 6) is 0.544. The fourth-order valence-electron chi connectivity index (χ4n) is 3.75. The van der Waals surface area contributed by atoms with Gasteiger partial charge in [0.15, 0.2) is 0 Å². The number of hydrogen-bond acceptors (Lipinski definition) is 5. The predicted molar refractivity (Wildman–Crippen MR) is 105 cm³/mol. The van der Waals surface area contributed by atoms with Gasteiger partial charge in [0.25, 0.3) is 0 Å². The molecule has 6 heteroatoms. The van der Waals surface area contributed by atoms with Crippen LogP contribution in [0.2, 0.25) is 0 Å². The zero-order chi connectivity index (χ0) is 18.3. The van der Waals surface area contributed by atoms with Crippen LogP contribution in [0.25, 0.3) is 21.3 Å². The van der Waals surface area contributed by atoms with Gasteiger partial charge in [0.2, 0.25) is 0 Å². The van der Waals surface area contributed by atoms with Gasteiger partial charge in [0.05, 0.1) is 11.3 Å². The molecule has 4 rings (SSSR count). The summed E-state index contributed by atoms with van der Waals surface area (Å²) in [5, 5.41) is 10.5. The number of carboxylic acid groups (broad SMARTS) is 1. The number of carbonyl (C=O) groups is 1. The maximum absolute atomic E-state index is 11.5. The lowest BCUT2D eigenvalue weighted by Crippen LogP contribution is -2.39. The van der Waals surface area contributed by atoms with Gasteiger partial charge in [0.1, 0.15) is 16.5 Å². The molecular weight excluding hydrogens is 346 g/mol. The number of piperidine rings is 1. The van der Waals surface area contributed by atoms with Crippen molar-refractivity contribution in [1.82, 2.24) is 9.97 Å². The molecular formula is C20H21N3O2S. The number of nitrogens with zero attached hydrogens (tertiary/aromatic N) is 3. The summed E-state index contributed by atoms with van der Waals surface area (Å²) in [6, 6.07) is 10.3. The molecule has 0 spiro atoms. The Morgan fingerprint density at radius 3 is 2.73 bits per heavy atom. The number of thiophene rings is 1. The van der Waals surface area contributed by atoms with E-state index in [0.29, 0.717) is 6.54 Å². The van der Waals surface area contributed by atoms with Crippen LogP contribution in [-0.4, -0.2) is 34.1 Å². The summed E-state index contributed by atoms with van der Waals surface area (Å²) in [6.07, 6.45) is 1.60. The van der Waals surface area contributed by atoms with Crippen molar-refractivity contribution in [3.63, 3.8) is 0 Å². The molecule has 1 unspecified atom stereocenters. The zero-order valence-electron chi connectivity index (χ0n) is 14.9. The van der Waals surface area contributed by atoms with Crippen molar-refractivity contribution in [1.29, 1.82) is 0 Å². The van der Waals surface area contributed by atoms with Crippen LogP contribution in [0.3, 0.4) is 0 Å². The summed E-state index contributed by atoms with van der Waals surface area (Å²) in [7, 11) is 0. The molecule has 0 radical (unpaired) electrons. The van der Waals surface area contributed by atoms with Crippen molar-refractivity contribution < 1.29 is 9.90 Å². The van der Waals surface area contributed by atoms with Gasteiger partial charge in [0, 0.05) is 23.5 Å². The van der Waals surface area contributed by atoms with E-state index in [1.54, 1.807) is 11.3 Å². The zero-order valence-corrected chi connectivity index (χ0v) is 15.7. The van der Waals surface area contributed by atoms with E-state index < -0.39 is 5.97 Å². The molecule has 26 heavy (non-hydrogen) atoms. The standard InChI is InChI=1S/C20H21N3O2S/c1-12-16(14-7-4-3-5-8-14)17-18(21-13(2)22-19(17)26-12)23-10-6-9-15(11-23)20(24)25/h3-5,7-8,15H,6,9-11H2,1-2H3,(H,24,25). The smallest absolute Gasteiger partial charge is 0.308 e. The molecule has 3 heterocycles. The number of aromatic nitrogens is 2. The normalized spacial score (nSPS) is 17.6. The number of benzene rings is 1. The summed E-state index contributed by atoms with van der Waals surface area (Å²) >= 11 is 1.68. The molecule has 1 aliphatic rings. The number of carboxylic acids is 1. The Labute approximate surface area is 156 Å². The third-order valence-corrected chi connectivity index (χ3v) is 5.95. The van der Waals surface area contributed by atoms with Crippen LogP contribution >= 0.6 is 11.3 Å². The second kappa shape index (κ2) is 6.68. The van der Waals surface area contributed by atoms with Gasteiger partial charge in [-0.2, -0.15) is 0 Å². The highest BCUT2D eigenvalue weighted by Gasteiger charge is 2.29. The number of anilines is 1.